The number of morpholine rings is 1. The van der Waals surface area contributed by atoms with Crippen LogP contribution in [-0.4, -0.2) is 117 Å². The third kappa shape index (κ3) is 13.8. The number of rotatable bonds is 21. The second kappa shape index (κ2) is 20.0. The summed E-state index contributed by atoms with van der Waals surface area (Å²) in [4.78, 5) is 68.5. The summed E-state index contributed by atoms with van der Waals surface area (Å²) in [6.45, 7) is 9.32. The number of hydrogen-bond donors (Lipinski definition) is 4. The van der Waals surface area contributed by atoms with Gasteiger partial charge in [-0.3, -0.25) is 28.9 Å². The highest BCUT2D eigenvalue weighted by molar-refractivity contribution is 5.98. The van der Waals surface area contributed by atoms with Gasteiger partial charge in [0.15, 0.2) is 5.78 Å². The van der Waals surface area contributed by atoms with Crippen molar-refractivity contribution in [1.82, 2.24) is 26.2 Å². The van der Waals surface area contributed by atoms with Crippen molar-refractivity contribution in [2.45, 2.75) is 70.2 Å². The zero-order valence-electron chi connectivity index (χ0n) is 30.0. The number of Topliss-reactive ketones (excluding diaryl/α,β-unsaturated/α-hetero) is 1. The van der Waals surface area contributed by atoms with Crippen LogP contribution in [-0.2, 0) is 51.0 Å². The van der Waals surface area contributed by atoms with Gasteiger partial charge in [-0.2, -0.15) is 0 Å². The Morgan fingerprint density at radius 2 is 1.45 bits per heavy atom. The second-order valence-electron chi connectivity index (χ2n) is 13.8. The number of ketones is 1. The van der Waals surface area contributed by atoms with Crippen LogP contribution in [0.25, 0.3) is 0 Å². The van der Waals surface area contributed by atoms with E-state index in [0.29, 0.717) is 52.2 Å². The van der Waals surface area contributed by atoms with Gasteiger partial charge in [0.25, 0.3) is 0 Å². The first-order valence-corrected chi connectivity index (χ1v) is 17.8. The zero-order chi connectivity index (χ0) is 36.6. The van der Waals surface area contributed by atoms with Crippen LogP contribution in [0.2, 0.25) is 0 Å². The number of amides is 4. The molecule has 2 saturated heterocycles. The van der Waals surface area contributed by atoms with Crippen molar-refractivity contribution in [3.63, 3.8) is 0 Å². The molecule has 4 amide bonds. The number of aryl methyl sites for hydroxylation is 1. The highest BCUT2D eigenvalue weighted by Gasteiger charge is 2.50. The fourth-order valence-electron chi connectivity index (χ4n) is 5.83. The molecule has 4 N–H and O–H groups in total. The van der Waals surface area contributed by atoms with Crippen LogP contribution in [0.4, 0.5) is 0 Å². The van der Waals surface area contributed by atoms with Crippen LogP contribution in [0, 0.1) is 5.92 Å². The predicted octanol–water partition coefficient (Wildman–Crippen LogP) is 1.19. The molecule has 0 bridgehead atoms. The first-order chi connectivity index (χ1) is 24.5. The van der Waals surface area contributed by atoms with Crippen molar-refractivity contribution < 1.29 is 38.2 Å². The van der Waals surface area contributed by atoms with E-state index in [4.69, 9.17) is 14.2 Å². The lowest BCUT2D eigenvalue weighted by Gasteiger charge is -2.26. The van der Waals surface area contributed by atoms with Gasteiger partial charge in [0.2, 0.25) is 23.6 Å². The Bertz CT molecular complexity index is 1430. The number of nitrogens with zero attached hydrogens (tertiary/aromatic N) is 1. The summed E-state index contributed by atoms with van der Waals surface area (Å²) in [6, 6.07) is 16.1. The molecule has 2 fully saturated rings. The highest BCUT2D eigenvalue weighted by atomic mass is 16.6. The van der Waals surface area contributed by atoms with Crippen molar-refractivity contribution in [3.05, 3.63) is 71.8 Å². The first-order valence-electron chi connectivity index (χ1n) is 17.8. The number of ether oxygens (including phenoxy) is 3. The van der Waals surface area contributed by atoms with Crippen LogP contribution in [0.1, 0.15) is 44.7 Å². The number of carbonyl (C=O) groups is 5. The molecule has 1 unspecified atom stereocenters. The lowest BCUT2D eigenvalue weighted by atomic mass is 9.93. The van der Waals surface area contributed by atoms with Crippen molar-refractivity contribution in [3.8, 4) is 0 Å². The molecule has 13 nitrogen and oxygen atoms in total. The van der Waals surface area contributed by atoms with E-state index in [-0.39, 0.29) is 24.7 Å². The number of benzene rings is 2. The minimum Gasteiger partial charge on any atom is -0.379 e. The molecule has 2 heterocycles. The van der Waals surface area contributed by atoms with E-state index in [1.54, 1.807) is 6.92 Å². The third-order valence-electron chi connectivity index (χ3n) is 8.90. The molecule has 278 valence electrons. The lowest BCUT2D eigenvalue weighted by Crippen LogP contribution is -2.56. The lowest BCUT2D eigenvalue weighted by molar-refractivity contribution is -0.134. The third-order valence-corrected chi connectivity index (χ3v) is 8.90. The Kier molecular flexibility index (Phi) is 15.5. The van der Waals surface area contributed by atoms with Crippen LogP contribution in [0.15, 0.2) is 60.7 Å². The topological polar surface area (TPSA) is 168 Å². The fraction of sp³-hybridized carbons (Fsp3) is 0.553. The van der Waals surface area contributed by atoms with Crippen LogP contribution >= 0.6 is 0 Å². The molecular weight excluding hydrogens is 654 g/mol. The molecular formula is C38H53N5O8. The smallest absolute Gasteiger partial charge is 0.246 e. The Hall–Kier alpha value is -4.17. The molecule has 0 aliphatic carbocycles. The van der Waals surface area contributed by atoms with Gasteiger partial charge in [0.1, 0.15) is 24.3 Å². The minimum atomic E-state index is -1.02. The molecule has 2 aromatic rings. The molecule has 2 aromatic carbocycles. The summed E-state index contributed by atoms with van der Waals surface area (Å²) in [5, 5.41) is 11.0. The van der Waals surface area contributed by atoms with Gasteiger partial charge in [-0.15, -0.1) is 0 Å². The molecule has 0 aromatic heterocycles. The van der Waals surface area contributed by atoms with E-state index in [1.165, 1.54) is 0 Å². The Morgan fingerprint density at radius 3 is 2.08 bits per heavy atom. The Labute approximate surface area is 300 Å². The summed E-state index contributed by atoms with van der Waals surface area (Å²) < 4.78 is 16.3. The summed E-state index contributed by atoms with van der Waals surface area (Å²) in [6.07, 6.45) is 1.40. The van der Waals surface area contributed by atoms with E-state index in [2.05, 4.69) is 26.2 Å². The van der Waals surface area contributed by atoms with Gasteiger partial charge < -0.3 is 35.5 Å². The summed E-state index contributed by atoms with van der Waals surface area (Å²) in [7, 11) is 0. The molecule has 2 aliphatic heterocycles. The average Bonchev–Trinajstić information content (AvgIpc) is 3.89. The maximum absolute atomic E-state index is 13.6. The van der Waals surface area contributed by atoms with Gasteiger partial charge in [-0.25, -0.2) is 0 Å². The van der Waals surface area contributed by atoms with Gasteiger partial charge in [0.05, 0.1) is 39.0 Å². The molecule has 0 saturated carbocycles. The molecule has 13 heteroatoms. The van der Waals surface area contributed by atoms with Crippen molar-refractivity contribution >= 4 is 29.4 Å². The van der Waals surface area contributed by atoms with E-state index in [9.17, 15) is 24.0 Å². The van der Waals surface area contributed by atoms with E-state index in [1.807, 2.05) is 74.5 Å². The van der Waals surface area contributed by atoms with Crippen LogP contribution in [0.5, 0.6) is 0 Å². The van der Waals surface area contributed by atoms with Crippen molar-refractivity contribution in [2.24, 2.45) is 5.92 Å². The van der Waals surface area contributed by atoms with Crippen LogP contribution in [0.3, 0.4) is 0 Å². The summed E-state index contributed by atoms with van der Waals surface area (Å²) in [5.74, 6) is -2.16. The number of hydrogen-bond acceptors (Lipinski definition) is 9. The van der Waals surface area contributed by atoms with Gasteiger partial charge in [0, 0.05) is 26.1 Å². The fourth-order valence-corrected chi connectivity index (χ4v) is 5.83. The zero-order valence-corrected chi connectivity index (χ0v) is 30.0. The first kappa shape index (κ1) is 39.6. The van der Waals surface area contributed by atoms with E-state index in [0.717, 1.165) is 24.2 Å². The SMILES string of the molecule is CC(C)C[C@H](NC(=O)[C@H](Cc1ccccc1)NC(=O)CNC(=O)[C@H](CCc1ccccc1)NC(=O)COCCN1CCOCC1)C(=O)C1(C)CO1. The van der Waals surface area contributed by atoms with E-state index < -0.39 is 53.9 Å². The number of nitrogens with one attached hydrogen (secondary N) is 4. The summed E-state index contributed by atoms with van der Waals surface area (Å²) in [5.41, 5.74) is 0.883. The molecule has 0 radical (unpaired) electrons. The van der Waals surface area contributed by atoms with Gasteiger partial charge in [-0.05, 0) is 43.2 Å². The maximum atomic E-state index is 13.6. The summed E-state index contributed by atoms with van der Waals surface area (Å²) >= 11 is 0. The van der Waals surface area contributed by atoms with Crippen molar-refractivity contribution in [2.75, 3.05) is 59.2 Å². The molecule has 4 atom stereocenters. The number of epoxide rings is 1. The van der Waals surface area contributed by atoms with E-state index >= 15 is 0 Å². The van der Waals surface area contributed by atoms with Crippen LogP contribution < -0.4 is 21.3 Å². The molecule has 51 heavy (non-hydrogen) atoms. The quantitative estimate of drug-likeness (QED) is 0.110. The Balaban J connectivity index is 1.35. The predicted molar refractivity (Wildman–Crippen MR) is 191 cm³/mol. The Morgan fingerprint density at radius 1 is 0.824 bits per heavy atom. The standard InChI is InChI=1S/C38H53N5O8/c1-27(2)22-31(35(46)38(3)26-51-38)42-37(48)32(23-29-12-8-5-9-13-29)41-33(44)24-39-36(47)30(15-14-28-10-6-4-7-11-28)40-34(45)25-50-21-18-43-16-19-49-20-17-43/h4-13,27,30-32H,14-26H2,1-3H3,(H,39,47)(H,40,45)(H,41,44)(H,42,48)/t30-,31-,32-,38?/m0/s1. The average molecular weight is 708 g/mol. The maximum Gasteiger partial charge on any atom is 0.246 e. The van der Waals surface area contributed by atoms with Gasteiger partial charge >= 0.3 is 0 Å². The van der Waals surface area contributed by atoms with Crippen molar-refractivity contribution in [1.29, 1.82) is 0 Å². The van der Waals surface area contributed by atoms with Gasteiger partial charge in [-0.1, -0.05) is 74.5 Å². The minimum absolute atomic E-state index is 0.121. The second-order valence-corrected chi connectivity index (χ2v) is 13.8. The highest BCUT2D eigenvalue weighted by Crippen LogP contribution is 2.29. The molecule has 0 spiro atoms. The largest absolute Gasteiger partial charge is 0.379 e. The monoisotopic (exact) mass is 707 g/mol. The molecule has 4 rings (SSSR count). The number of carbonyl (C=O) groups excluding carboxylic acids is 5. The molecule has 2 aliphatic rings. The normalized spacial score (nSPS) is 19.0.